The molecule has 4 aliphatic heterocycles. The average Bonchev–Trinajstić information content (AvgIpc) is 3.15. The Labute approximate surface area is 236 Å². The Morgan fingerprint density at radius 3 is 2.33 bits per heavy atom. The van der Waals surface area contributed by atoms with Gasteiger partial charge in [0.2, 0.25) is 17.7 Å². The number of fused-ring (bicyclic) bond motifs is 2. The first-order valence-corrected chi connectivity index (χ1v) is 14.3. The Balaban J connectivity index is 1.58. The normalized spacial score (nSPS) is 31.7. The summed E-state index contributed by atoms with van der Waals surface area (Å²) in [6, 6.07) is 6.47. The van der Waals surface area contributed by atoms with Gasteiger partial charge in [0.05, 0.1) is 24.0 Å². The van der Waals surface area contributed by atoms with Crippen LogP contribution >= 0.6 is 0 Å². The summed E-state index contributed by atoms with van der Waals surface area (Å²) in [6.45, 7) is 11.3. The molecule has 4 heterocycles. The number of hydrogen-bond acceptors (Lipinski definition) is 6. The van der Waals surface area contributed by atoms with E-state index in [0.29, 0.717) is 44.8 Å². The number of aliphatic hydroxyl groups excluding tert-OH is 1. The van der Waals surface area contributed by atoms with Crippen LogP contribution in [0.25, 0.3) is 0 Å². The maximum atomic E-state index is 14.4. The smallest absolute Gasteiger partial charge is 0.249 e. The number of anilines is 1. The first kappa shape index (κ1) is 28.4. The molecule has 9 heteroatoms. The molecule has 0 saturated carbocycles. The zero-order valence-electron chi connectivity index (χ0n) is 24.1. The summed E-state index contributed by atoms with van der Waals surface area (Å²) in [7, 11) is 0. The molecule has 4 aliphatic rings. The van der Waals surface area contributed by atoms with Gasteiger partial charge in [-0.05, 0) is 71.7 Å². The van der Waals surface area contributed by atoms with Crippen molar-refractivity contribution in [3.05, 3.63) is 48.6 Å². The SMILES string of the molecule is CCOc1ccc(N2CC=C[C@]3(C)O[C@]45C=CCN(C(C)(C)C)C(=O)C4N(CCCCO)C(=O)[C@@H]5[C@@H]3C2=O)cc1. The first-order chi connectivity index (χ1) is 19.0. The molecule has 40 heavy (non-hydrogen) atoms. The topological polar surface area (TPSA) is 99.6 Å². The zero-order chi connectivity index (χ0) is 28.9. The van der Waals surface area contributed by atoms with Crippen molar-refractivity contribution in [2.75, 3.05) is 37.7 Å². The molecule has 3 amide bonds. The van der Waals surface area contributed by atoms with Crippen LogP contribution in [0.5, 0.6) is 5.75 Å². The molecule has 216 valence electrons. The van der Waals surface area contributed by atoms with Crippen LogP contribution in [0, 0.1) is 11.8 Å². The minimum Gasteiger partial charge on any atom is -0.494 e. The van der Waals surface area contributed by atoms with Gasteiger partial charge in [0, 0.05) is 37.5 Å². The lowest BCUT2D eigenvalue weighted by Gasteiger charge is -2.41. The second-order valence-electron chi connectivity index (χ2n) is 12.3. The number of ether oxygens (including phenoxy) is 2. The molecule has 0 radical (unpaired) electrons. The van der Waals surface area contributed by atoms with Crippen LogP contribution in [-0.4, -0.2) is 88.3 Å². The molecular formula is C31H41N3O6. The molecule has 1 unspecified atom stereocenters. The third kappa shape index (κ3) is 4.43. The molecule has 0 bridgehead atoms. The first-order valence-electron chi connectivity index (χ1n) is 14.3. The quantitative estimate of drug-likeness (QED) is 0.413. The van der Waals surface area contributed by atoms with Crippen molar-refractivity contribution in [3.63, 3.8) is 0 Å². The van der Waals surface area contributed by atoms with Gasteiger partial charge in [-0.2, -0.15) is 0 Å². The van der Waals surface area contributed by atoms with Gasteiger partial charge in [0.1, 0.15) is 17.4 Å². The monoisotopic (exact) mass is 551 g/mol. The minimum absolute atomic E-state index is 0.000751. The van der Waals surface area contributed by atoms with Gasteiger partial charge in [-0.25, -0.2) is 0 Å². The van der Waals surface area contributed by atoms with Crippen LogP contribution < -0.4 is 9.64 Å². The third-order valence-corrected chi connectivity index (χ3v) is 8.63. The van der Waals surface area contributed by atoms with Gasteiger partial charge in [0.15, 0.2) is 0 Å². The number of amides is 3. The summed E-state index contributed by atoms with van der Waals surface area (Å²) in [6.07, 6.45) is 8.64. The molecule has 1 aromatic rings. The van der Waals surface area contributed by atoms with Crippen molar-refractivity contribution in [2.24, 2.45) is 11.8 Å². The van der Waals surface area contributed by atoms with Crippen LogP contribution in [0.2, 0.25) is 0 Å². The highest BCUT2D eigenvalue weighted by Gasteiger charge is 2.74. The maximum Gasteiger partial charge on any atom is 0.249 e. The predicted octanol–water partition coefficient (Wildman–Crippen LogP) is 2.93. The van der Waals surface area contributed by atoms with Gasteiger partial charge in [-0.3, -0.25) is 14.4 Å². The van der Waals surface area contributed by atoms with Crippen molar-refractivity contribution >= 4 is 23.4 Å². The minimum atomic E-state index is -1.28. The van der Waals surface area contributed by atoms with Gasteiger partial charge in [-0.15, -0.1) is 0 Å². The number of carbonyl (C=O) groups excluding carboxylic acids is 3. The number of rotatable bonds is 7. The highest BCUT2D eigenvalue weighted by Crippen LogP contribution is 2.57. The van der Waals surface area contributed by atoms with Gasteiger partial charge < -0.3 is 29.3 Å². The second kappa shape index (κ2) is 10.3. The number of likely N-dealkylation sites (tertiary alicyclic amines) is 1. The largest absolute Gasteiger partial charge is 0.494 e. The summed E-state index contributed by atoms with van der Waals surface area (Å²) in [5, 5.41) is 9.40. The van der Waals surface area contributed by atoms with Gasteiger partial charge >= 0.3 is 0 Å². The number of hydrogen-bond donors (Lipinski definition) is 1. The Morgan fingerprint density at radius 1 is 0.975 bits per heavy atom. The van der Waals surface area contributed by atoms with Gasteiger partial charge in [-0.1, -0.05) is 24.3 Å². The zero-order valence-corrected chi connectivity index (χ0v) is 24.1. The van der Waals surface area contributed by atoms with E-state index >= 15 is 0 Å². The summed E-state index contributed by atoms with van der Waals surface area (Å²) in [4.78, 5) is 48.1. The van der Waals surface area contributed by atoms with Crippen molar-refractivity contribution in [2.45, 2.75) is 70.2 Å². The molecule has 1 spiro atoms. The second-order valence-corrected chi connectivity index (χ2v) is 12.3. The lowest BCUT2D eigenvalue weighted by molar-refractivity contribution is -0.154. The average molecular weight is 552 g/mol. The van der Waals surface area contributed by atoms with E-state index in [9.17, 15) is 19.5 Å². The summed E-state index contributed by atoms with van der Waals surface area (Å²) in [5.74, 6) is -1.61. The Kier molecular flexibility index (Phi) is 7.33. The van der Waals surface area contributed by atoms with E-state index in [0.717, 1.165) is 5.75 Å². The number of unbranched alkanes of at least 4 members (excludes halogenated alkanes) is 1. The Morgan fingerprint density at radius 2 is 1.68 bits per heavy atom. The van der Waals surface area contributed by atoms with Crippen molar-refractivity contribution in [1.29, 1.82) is 0 Å². The predicted molar refractivity (Wildman–Crippen MR) is 151 cm³/mol. The summed E-state index contributed by atoms with van der Waals surface area (Å²) >= 11 is 0. The lowest BCUT2D eigenvalue weighted by atomic mass is 9.74. The number of aliphatic hydroxyl groups is 1. The van der Waals surface area contributed by atoms with Gasteiger partial charge in [0.25, 0.3) is 0 Å². The molecule has 0 aromatic heterocycles. The molecule has 0 aliphatic carbocycles. The molecule has 1 aromatic carbocycles. The highest BCUT2D eigenvalue weighted by atomic mass is 16.5. The van der Waals surface area contributed by atoms with Crippen molar-refractivity contribution < 1.29 is 29.0 Å². The standard InChI is InChI=1S/C31H41N3O6/c1-6-39-22-13-11-21(12-14-22)32-18-9-15-30(5)23(26(32)36)24-27(37)33(17-7-8-20-35)25-28(38)34(29(2,3)4)19-10-16-31(24,25)40-30/h9-16,23-25,35H,6-8,17-20H2,1-5H3/t23-,24+,25?,30+,31+/m1/s1. The van der Waals surface area contributed by atoms with E-state index in [1.165, 1.54) is 0 Å². The van der Waals surface area contributed by atoms with Crippen LogP contribution in [0.3, 0.4) is 0 Å². The Bertz CT molecular complexity index is 1220. The van der Waals surface area contributed by atoms with E-state index in [1.807, 2.05) is 83.2 Å². The van der Waals surface area contributed by atoms with Crippen LogP contribution in [0.1, 0.15) is 47.5 Å². The Hall–Kier alpha value is -3.17. The molecule has 2 saturated heterocycles. The van der Waals surface area contributed by atoms with E-state index < -0.39 is 34.6 Å². The molecular weight excluding hydrogens is 510 g/mol. The summed E-state index contributed by atoms with van der Waals surface area (Å²) < 4.78 is 12.4. The molecule has 1 N–H and O–H groups in total. The van der Waals surface area contributed by atoms with Crippen LogP contribution in [0.15, 0.2) is 48.6 Å². The molecule has 5 atom stereocenters. The lowest BCUT2D eigenvalue weighted by Crippen LogP contribution is -2.59. The van der Waals surface area contributed by atoms with Crippen molar-refractivity contribution in [1.82, 2.24) is 9.80 Å². The molecule has 2 fully saturated rings. The number of carbonyl (C=O) groups is 3. The number of nitrogens with zero attached hydrogens (tertiary/aromatic N) is 3. The molecule has 9 nitrogen and oxygen atoms in total. The van der Waals surface area contributed by atoms with Crippen LogP contribution in [0.4, 0.5) is 5.69 Å². The van der Waals surface area contributed by atoms with E-state index in [4.69, 9.17) is 9.47 Å². The highest BCUT2D eigenvalue weighted by molar-refractivity contribution is 6.04. The molecule has 5 rings (SSSR count). The number of benzene rings is 1. The fourth-order valence-electron chi connectivity index (χ4n) is 6.88. The van der Waals surface area contributed by atoms with Crippen molar-refractivity contribution in [3.8, 4) is 5.75 Å². The van der Waals surface area contributed by atoms with E-state index in [2.05, 4.69) is 0 Å². The van der Waals surface area contributed by atoms with E-state index in [1.54, 1.807) is 14.7 Å². The summed E-state index contributed by atoms with van der Waals surface area (Å²) in [5.41, 5.74) is -2.13. The fourth-order valence-corrected chi connectivity index (χ4v) is 6.88. The van der Waals surface area contributed by atoms with Crippen LogP contribution in [-0.2, 0) is 19.1 Å². The third-order valence-electron chi connectivity index (χ3n) is 8.63. The maximum absolute atomic E-state index is 14.4. The fraction of sp³-hybridized carbons (Fsp3) is 0.581. The van der Waals surface area contributed by atoms with E-state index in [-0.39, 0.29) is 24.3 Å².